The minimum Gasteiger partial charge on any atom is -0.255 e. The Morgan fingerprint density at radius 3 is 0.766 bits per heavy atom. The minimum absolute atomic E-state index is 0. The number of carboxylic acid groups (broad SMARTS) is 2. The molecule has 258 valence electrons. The Morgan fingerprint density at radius 2 is 0.681 bits per heavy atom. The van der Waals surface area contributed by atoms with Crippen molar-refractivity contribution in [1.82, 2.24) is 19.9 Å². The van der Waals surface area contributed by atoms with Crippen LogP contribution in [0, 0.1) is 22.7 Å². The van der Waals surface area contributed by atoms with Crippen LogP contribution in [0.2, 0.25) is 0 Å². The maximum atomic E-state index is 9.93. The van der Waals surface area contributed by atoms with Gasteiger partial charge in [-0.25, -0.2) is 0 Å². The topological polar surface area (TPSA) is 179 Å². The van der Waals surface area contributed by atoms with E-state index in [1.54, 1.807) is 36.9 Å². The van der Waals surface area contributed by atoms with Gasteiger partial charge in [0.25, 0.3) is 0 Å². The number of aliphatic carboxylic acids is 2. The van der Waals surface area contributed by atoms with Gasteiger partial charge in [-0.3, -0.25) is 19.9 Å². The molecule has 0 spiro atoms. The van der Waals surface area contributed by atoms with Gasteiger partial charge in [-0.2, -0.15) is 10.5 Å². The molecule has 0 aliphatic rings. The van der Waals surface area contributed by atoms with E-state index in [0.717, 1.165) is 36.6 Å². The number of hydrogen-bond donors (Lipinski definition) is 0. The summed E-state index contributed by atoms with van der Waals surface area (Å²) in [6.07, 6.45) is 7.07. The molecular formula is C28H28F6N6O4Rh2Sb+. The van der Waals surface area contributed by atoms with E-state index in [2.05, 4.69) is 19.9 Å². The zero-order valence-corrected chi connectivity index (χ0v) is 30.8. The van der Waals surface area contributed by atoms with Crippen LogP contribution in [0.5, 0.6) is 0 Å². The minimum atomic E-state index is -11.2. The molecular weight excluding hydrogens is 926 g/mol. The summed E-state index contributed by atoms with van der Waals surface area (Å²) in [4.78, 5) is 34.5. The largest absolute Gasteiger partial charge is 2.00 e. The molecule has 0 atom stereocenters. The zero-order valence-electron chi connectivity index (χ0n) is 24.9. The van der Waals surface area contributed by atoms with Crippen molar-refractivity contribution in [3.8, 4) is 34.9 Å². The van der Waals surface area contributed by atoms with Crippen molar-refractivity contribution < 1.29 is 75.6 Å². The number of carbonyl (C=O) groups excluding carboxylic acids is 2. The van der Waals surface area contributed by atoms with E-state index < -0.39 is 31.4 Å². The summed E-state index contributed by atoms with van der Waals surface area (Å²) < 4.78 is 59.6. The standard InChI is InChI=1S/2C10H8N2.2C2H3N.2C2H4O2.6FH.2Rh.Sb/c2*1-3-7-11-9(5-1)10-6-2-4-8-12-10;2*1-2-3;2*1-2(3)4;;;;;;;;;/h2*1-8H;2*1H3;2*1H3,(H,3,4);6*1H;;;/q;;;;;;;;;;;;2*+2;+5/p-8. The number of pyridine rings is 4. The normalized spacial score (nSPS) is 9.79. The van der Waals surface area contributed by atoms with E-state index in [1.165, 1.54) is 13.8 Å². The Bertz CT molecular complexity index is 1260. The number of rotatable bonds is 2. The monoisotopic (exact) mass is 953 g/mol. The first kappa shape index (κ1) is 52.7. The maximum absolute atomic E-state index is 11.2. The summed E-state index contributed by atoms with van der Waals surface area (Å²) in [6.45, 7) is 4.81. The van der Waals surface area contributed by atoms with Gasteiger partial charge in [-0.05, 0) is 62.4 Å². The van der Waals surface area contributed by atoms with Gasteiger partial charge in [-0.15, -0.1) is 0 Å². The van der Waals surface area contributed by atoms with Gasteiger partial charge >= 0.3 is 75.3 Å². The number of carboxylic acids is 2. The fourth-order valence-corrected chi connectivity index (χ4v) is 2.06. The van der Waals surface area contributed by atoms with Crippen molar-refractivity contribution in [1.29, 1.82) is 10.5 Å². The van der Waals surface area contributed by atoms with Crippen molar-refractivity contribution in [3.05, 3.63) is 97.6 Å². The fourth-order valence-electron chi connectivity index (χ4n) is 2.06. The quantitative estimate of drug-likeness (QED) is 0.196. The van der Waals surface area contributed by atoms with Crippen LogP contribution in [0.4, 0.5) is 16.9 Å². The first-order valence-corrected chi connectivity index (χ1v) is 17.6. The van der Waals surface area contributed by atoms with E-state index in [-0.39, 0.29) is 39.0 Å². The van der Waals surface area contributed by atoms with Gasteiger partial charge in [0.15, 0.2) is 0 Å². The van der Waals surface area contributed by atoms with Gasteiger partial charge in [0.2, 0.25) is 0 Å². The first-order valence-electron chi connectivity index (χ1n) is 11.9. The Hall–Kier alpha value is -3.84. The van der Waals surface area contributed by atoms with Crippen LogP contribution in [0.15, 0.2) is 97.6 Å². The van der Waals surface area contributed by atoms with Gasteiger partial charge in [0.05, 0.1) is 34.9 Å². The smallest absolute Gasteiger partial charge is 0.255 e. The number of nitriles is 2. The van der Waals surface area contributed by atoms with E-state index in [4.69, 9.17) is 30.3 Å². The molecule has 0 aliphatic carbocycles. The van der Waals surface area contributed by atoms with Gasteiger partial charge in [-0.1, -0.05) is 24.3 Å². The molecule has 4 rings (SSSR count). The van der Waals surface area contributed by atoms with Crippen LogP contribution >= 0.6 is 0 Å². The van der Waals surface area contributed by atoms with Crippen LogP contribution in [0.3, 0.4) is 0 Å². The van der Waals surface area contributed by atoms with Gasteiger partial charge in [0.1, 0.15) is 0 Å². The van der Waals surface area contributed by atoms with E-state index in [0.29, 0.717) is 0 Å². The summed E-state index contributed by atoms with van der Waals surface area (Å²) in [6, 6.07) is 26.7. The second-order valence-electron chi connectivity index (χ2n) is 7.25. The molecule has 4 aromatic heterocycles. The average Bonchev–Trinajstić information content (AvgIpc) is 2.94. The molecule has 47 heavy (non-hydrogen) atoms. The van der Waals surface area contributed by atoms with Crippen molar-refractivity contribution in [3.63, 3.8) is 0 Å². The second kappa shape index (κ2) is 27.3. The number of carbonyl (C=O) groups is 2. The molecule has 0 aliphatic heterocycles. The van der Waals surface area contributed by atoms with Gasteiger partial charge < -0.3 is 19.8 Å². The predicted octanol–water partition coefficient (Wildman–Crippen LogP) is 4.99. The summed E-state index contributed by atoms with van der Waals surface area (Å²) in [5, 5.41) is 32.4. The van der Waals surface area contributed by atoms with Crippen molar-refractivity contribution in [2.24, 2.45) is 0 Å². The Labute approximate surface area is 296 Å². The molecule has 4 heterocycles. The summed E-state index contributed by atoms with van der Waals surface area (Å²) in [5.41, 5.74) is 3.66. The molecule has 0 N–H and O–H groups in total. The van der Waals surface area contributed by atoms with Crippen LogP contribution in [0.25, 0.3) is 22.8 Å². The maximum Gasteiger partial charge on any atom is 2.00 e. The molecule has 0 saturated carbocycles. The second-order valence-corrected chi connectivity index (χ2v) is 12.7. The number of hydrogen-bond acceptors (Lipinski definition) is 10. The number of aromatic nitrogens is 4. The van der Waals surface area contributed by atoms with Crippen LogP contribution in [0.1, 0.15) is 27.7 Å². The zero-order chi connectivity index (χ0) is 35.4. The molecule has 0 amide bonds. The molecule has 0 bridgehead atoms. The molecule has 4 aromatic rings. The van der Waals surface area contributed by atoms with Crippen molar-refractivity contribution in [2.45, 2.75) is 27.7 Å². The number of nitrogens with zero attached hydrogens (tertiary/aromatic N) is 6. The molecule has 19 heteroatoms. The van der Waals surface area contributed by atoms with E-state index >= 15 is 0 Å². The third kappa shape index (κ3) is 52.0. The molecule has 0 fully saturated rings. The molecule has 0 unspecified atom stereocenters. The van der Waals surface area contributed by atoms with Gasteiger partial charge in [0, 0.05) is 50.6 Å². The average molecular weight is 954 g/mol. The molecule has 2 radical (unpaired) electrons. The van der Waals surface area contributed by atoms with Crippen LogP contribution in [-0.4, -0.2) is 51.3 Å². The van der Waals surface area contributed by atoms with Crippen LogP contribution in [-0.2, 0) is 48.5 Å². The number of halogens is 6. The van der Waals surface area contributed by atoms with Crippen molar-refractivity contribution >= 4 is 31.4 Å². The van der Waals surface area contributed by atoms with E-state index in [1.807, 2.05) is 72.8 Å². The first-order chi connectivity index (χ1) is 20.7. The Balaban J connectivity index is -0.000000157. The third-order valence-electron chi connectivity index (χ3n) is 3.18. The van der Waals surface area contributed by atoms with E-state index in [9.17, 15) is 16.9 Å². The SMILES string of the molecule is CC#N.CC#N.CC(=O)[O-].CC(=O)[O-].[F][Sb-]([F])([F])([F])([F])[F].[Rh+2].[Rh+2].c1ccc(-c2ccccn2)nc1.c1ccc(-c2ccccn2)nc1. The molecule has 0 aromatic carbocycles. The van der Waals surface area contributed by atoms with Crippen molar-refractivity contribution in [2.75, 3.05) is 0 Å². The fraction of sp³-hybridized carbons (Fsp3) is 0.143. The Morgan fingerprint density at radius 1 is 0.553 bits per heavy atom. The predicted molar refractivity (Wildman–Crippen MR) is 151 cm³/mol. The molecule has 0 saturated heterocycles. The van der Waals surface area contributed by atoms with Crippen LogP contribution < -0.4 is 10.2 Å². The third-order valence-corrected chi connectivity index (χ3v) is 3.18. The Kier molecular flexibility index (Phi) is 30.6. The summed E-state index contributed by atoms with van der Waals surface area (Å²) >= 11 is -11.2. The summed E-state index contributed by atoms with van der Waals surface area (Å²) in [5.74, 6) is -2.17. The molecule has 10 nitrogen and oxygen atoms in total. The summed E-state index contributed by atoms with van der Waals surface area (Å²) in [7, 11) is 0.